The molecule has 1 aliphatic heterocycles. The van der Waals surface area contributed by atoms with E-state index in [1.54, 1.807) is 22.6 Å². The fourth-order valence-electron chi connectivity index (χ4n) is 3.43. The lowest BCUT2D eigenvalue weighted by atomic mass is 9.85. The second-order valence-corrected chi connectivity index (χ2v) is 6.81. The molecule has 0 saturated heterocycles. The monoisotopic (exact) mass is 336 g/mol. The van der Waals surface area contributed by atoms with Crippen LogP contribution in [0.1, 0.15) is 36.4 Å². The van der Waals surface area contributed by atoms with Crippen LogP contribution in [0.3, 0.4) is 0 Å². The molecule has 1 atom stereocenters. The number of anilines is 1. The van der Waals surface area contributed by atoms with Crippen molar-refractivity contribution in [2.24, 2.45) is 0 Å². The summed E-state index contributed by atoms with van der Waals surface area (Å²) in [7, 11) is 0. The molecule has 120 valence electrons. The lowest BCUT2D eigenvalue weighted by Gasteiger charge is -2.33. The quantitative estimate of drug-likeness (QED) is 0.850. The maximum atomic E-state index is 12.6. The minimum atomic E-state index is -0.262. The number of carbonyl (C=O) groups is 1. The zero-order valence-corrected chi connectivity index (χ0v) is 14.1. The van der Waals surface area contributed by atoms with Gasteiger partial charge in [-0.15, -0.1) is 11.8 Å². The van der Waals surface area contributed by atoms with E-state index in [1.165, 1.54) is 4.90 Å². The molecule has 1 aromatic carbocycles. The number of thioether (sulfide) groups is 1. The third kappa shape index (κ3) is 2.24. The second-order valence-electron chi connectivity index (χ2n) is 5.93. The van der Waals surface area contributed by atoms with E-state index >= 15 is 0 Å². The van der Waals surface area contributed by atoms with E-state index in [9.17, 15) is 10.1 Å². The van der Waals surface area contributed by atoms with E-state index in [0.29, 0.717) is 17.8 Å². The predicted molar refractivity (Wildman–Crippen MR) is 92.8 cm³/mol. The summed E-state index contributed by atoms with van der Waals surface area (Å²) in [6, 6.07) is 10.1. The lowest BCUT2D eigenvalue weighted by Crippen LogP contribution is -2.31. The van der Waals surface area contributed by atoms with Crippen molar-refractivity contribution in [3.63, 3.8) is 0 Å². The molecule has 0 unspecified atom stereocenters. The van der Waals surface area contributed by atoms with E-state index in [4.69, 9.17) is 0 Å². The van der Waals surface area contributed by atoms with Crippen molar-refractivity contribution in [3.05, 3.63) is 52.9 Å². The summed E-state index contributed by atoms with van der Waals surface area (Å²) < 4.78 is 1.77. The van der Waals surface area contributed by atoms with Crippen LogP contribution in [0.2, 0.25) is 0 Å². The van der Waals surface area contributed by atoms with Crippen LogP contribution in [-0.2, 0) is 4.79 Å². The first kappa shape index (κ1) is 15.0. The molecule has 2 aromatic rings. The number of hydrogen-bond donors (Lipinski definition) is 1. The maximum Gasteiger partial charge on any atom is 0.163 e. The van der Waals surface area contributed by atoms with E-state index in [0.717, 1.165) is 29.7 Å². The molecule has 0 amide bonds. The van der Waals surface area contributed by atoms with Crippen molar-refractivity contribution in [1.82, 2.24) is 9.78 Å². The number of rotatable bonds is 2. The van der Waals surface area contributed by atoms with Crippen molar-refractivity contribution in [3.8, 4) is 6.07 Å². The van der Waals surface area contributed by atoms with Gasteiger partial charge in [0.15, 0.2) is 5.78 Å². The maximum absolute atomic E-state index is 12.6. The Hall–Kier alpha value is -2.52. The number of hydrogen-bond acceptors (Lipinski definition) is 5. The zero-order chi connectivity index (χ0) is 16.7. The molecule has 6 heteroatoms. The first-order valence-corrected chi connectivity index (χ1v) is 9.10. The first-order valence-electron chi connectivity index (χ1n) is 7.87. The number of aromatic nitrogens is 2. The topological polar surface area (TPSA) is 70.7 Å². The van der Waals surface area contributed by atoms with E-state index in [-0.39, 0.29) is 11.8 Å². The van der Waals surface area contributed by atoms with Crippen LogP contribution in [0, 0.1) is 11.3 Å². The molecule has 4 rings (SSSR count). The normalized spacial score (nSPS) is 19.3. The van der Waals surface area contributed by atoms with Crippen LogP contribution < -0.4 is 5.32 Å². The minimum absolute atomic E-state index is 0.169. The Labute approximate surface area is 144 Å². The standard InChI is InChI=1S/C18H16N4OS/c1-24-13-7-5-11(6-8-13)17-16-14(3-2-4-15(16)23)21-18-12(9-19)10-20-22(17)18/h5-8,10,17,21H,2-4H2,1H3/t17-/m1/s1. The number of carbonyl (C=O) groups excluding carboxylic acids is 1. The molecule has 1 aromatic heterocycles. The molecule has 5 nitrogen and oxygen atoms in total. The van der Waals surface area contributed by atoms with Gasteiger partial charge in [0.25, 0.3) is 0 Å². The van der Waals surface area contributed by atoms with Crippen molar-refractivity contribution in [1.29, 1.82) is 5.26 Å². The molecule has 1 N–H and O–H groups in total. The van der Waals surface area contributed by atoms with Gasteiger partial charge < -0.3 is 5.32 Å². The Bertz CT molecular complexity index is 889. The fourth-order valence-corrected chi connectivity index (χ4v) is 3.84. The molecule has 1 aliphatic carbocycles. The minimum Gasteiger partial charge on any atom is -0.342 e. The number of nitrogens with one attached hydrogen (secondary N) is 1. The largest absolute Gasteiger partial charge is 0.342 e. The number of benzene rings is 1. The summed E-state index contributed by atoms with van der Waals surface area (Å²) in [4.78, 5) is 13.8. The molecule has 2 heterocycles. The van der Waals surface area contributed by atoms with Crippen LogP contribution in [0.15, 0.2) is 46.6 Å². The number of nitriles is 1. The number of Topliss-reactive ketones (excluding diaryl/α,β-unsaturated/α-hetero) is 1. The molecule has 0 saturated carbocycles. The summed E-state index contributed by atoms with van der Waals surface area (Å²) in [6.07, 6.45) is 5.85. The number of allylic oxidation sites excluding steroid dienone is 2. The van der Waals surface area contributed by atoms with E-state index in [2.05, 4.69) is 28.6 Å². The SMILES string of the molecule is CSc1ccc([C@@H]2C3=C(CCCC3=O)Nc3c(C#N)cnn32)cc1. The zero-order valence-electron chi connectivity index (χ0n) is 13.2. The van der Waals surface area contributed by atoms with Crippen LogP contribution >= 0.6 is 11.8 Å². The molecule has 0 fully saturated rings. The summed E-state index contributed by atoms with van der Waals surface area (Å²) in [6.45, 7) is 0. The van der Waals surface area contributed by atoms with E-state index < -0.39 is 0 Å². The second kappa shape index (κ2) is 5.84. The Morgan fingerprint density at radius 1 is 1.33 bits per heavy atom. The highest BCUT2D eigenvalue weighted by atomic mass is 32.2. The molecule has 2 aliphatic rings. The predicted octanol–water partition coefficient (Wildman–Crippen LogP) is 3.50. The van der Waals surface area contributed by atoms with Crippen molar-refractivity contribution >= 4 is 23.4 Å². The Kier molecular flexibility index (Phi) is 3.66. The molecule has 0 spiro atoms. The Balaban J connectivity index is 1.90. The molecular formula is C18H16N4OS. The van der Waals surface area contributed by atoms with Gasteiger partial charge in [0.05, 0.1) is 6.20 Å². The van der Waals surface area contributed by atoms with Gasteiger partial charge in [0, 0.05) is 22.6 Å². The Morgan fingerprint density at radius 3 is 2.83 bits per heavy atom. The summed E-state index contributed by atoms with van der Waals surface area (Å²) in [5, 5.41) is 17.0. The lowest BCUT2D eigenvalue weighted by molar-refractivity contribution is -0.116. The van der Waals surface area contributed by atoms with Gasteiger partial charge in [0.1, 0.15) is 23.5 Å². The van der Waals surface area contributed by atoms with Crippen LogP contribution in [-0.4, -0.2) is 21.8 Å². The van der Waals surface area contributed by atoms with Crippen LogP contribution in [0.5, 0.6) is 0 Å². The van der Waals surface area contributed by atoms with E-state index in [1.807, 2.05) is 18.4 Å². The van der Waals surface area contributed by atoms with Crippen molar-refractivity contribution in [2.45, 2.75) is 30.2 Å². The summed E-state index contributed by atoms with van der Waals surface area (Å²) in [5.41, 5.74) is 3.25. The average Bonchev–Trinajstić information content (AvgIpc) is 3.03. The smallest absolute Gasteiger partial charge is 0.163 e. The third-order valence-electron chi connectivity index (χ3n) is 4.59. The number of nitrogens with zero attached hydrogens (tertiary/aromatic N) is 3. The van der Waals surface area contributed by atoms with Gasteiger partial charge in [0.2, 0.25) is 0 Å². The summed E-state index contributed by atoms with van der Waals surface area (Å²) in [5.74, 6) is 0.854. The third-order valence-corrected chi connectivity index (χ3v) is 5.33. The highest BCUT2D eigenvalue weighted by molar-refractivity contribution is 7.98. The average molecular weight is 336 g/mol. The van der Waals surface area contributed by atoms with Crippen molar-refractivity contribution in [2.75, 3.05) is 11.6 Å². The summed E-state index contributed by atoms with van der Waals surface area (Å²) >= 11 is 1.68. The van der Waals surface area contributed by atoms with Gasteiger partial charge >= 0.3 is 0 Å². The highest BCUT2D eigenvalue weighted by Crippen LogP contribution is 2.41. The van der Waals surface area contributed by atoms with Gasteiger partial charge in [-0.25, -0.2) is 4.68 Å². The fraction of sp³-hybridized carbons (Fsp3) is 0.278. The number of ketones is 1. The highest BCUT2D eigenvalue weighted by Gasteiger charge is 2.36. The first-order chi connectivity index (χ1) is 11.7. The van der Waals surface area contributed by atoms with Gasteiger partial charge in [-0.1, -0.05) is 12.1 Å². The van der Waals surface area contributed by atoms with Crippen LogP contribution in [0.25, 0.3) is 0 Å². The number of fused-ring (bicyclic) bond motifs is 1. The molecule has 24 heavy (non-hydrogen) atoms. The van der Waals surface area contributed by atoms with Gasteiger partial charge in [-0.3, -0.25) is 4.79 Å². The van der Waals surface area contributed by atoms with Crippen molar-refractivity contribution < 1.29 is 4.79 Å². The van der Waals surface area contributed by atoms with Crippen LogP contribution in [0.4, 0.5) is 5.82 Å². The molecule has 0 bridgehead atoms. The van der Waals surface area contributed by atoms with Gasteiger partial charge in [-0.2, -0.15) is 10.4 Å². The molecular weight excluding hydrogens is 320 g/mol. The van der Waals surface area contributed by atoms with Gasteiger partial charge in [-0.05, 0) is 36.8 Å². The Morgan fingerprint density at radius 2 is 2.12 bits per heavy atom. The molecule has 0 radical (unpaired) electrons.